The predicted molar refractivity (Wildman–Crippen MR) is 161 cm³/mol. The number of hydrogen-bond donors (Lipinski definition) is 2. The summed E-state index contributed by atoms with van der Waals surface area (Å²) in [7, 11) is 3.25. The molecule has 194 valence electrons. The van der Waals surface area contributed by atoms with Gasteiger partial charge in [-0.15, -0.1) is 9.24 Å². The summed E-state index contributed by atoms with van der Waals surface area (Å²) in [6.07, 6.45) is 24.3. The van der Waals surface area contributed by atoms with Gasteiger partial charge >= 0.3 is 0 Å². The van der Waals surface area contributed by atoms with Crippen molar-refractivity contribution in [1.82, 2.24) is 10.6 Å². The Hall–Kier alpha value is -0.520. The van der Waals surface area contributed by atoms with E-state index < -0.39 is 0 Å². The summed E-state index contributed by atoms with van der Waals surface area (Å²) in [6.45, 7) is 17.1. The Morgan fingerprint density at radius 3 is 1.91 bits per heavy atom. The minimum atomic E-state index is -0.213. The molecule has 0 radical (unpaired) electrons. The molecule has 3 unspecified atom stereocenters. The molecule has 2 N–H and O–H groups in total. The average Bonchev–Trinajstić information content (AvgIpc) is 3.27. The lowest BCUT2D eigenvalue weighted by Gasteiger charge is -2.50. The highest BCUT2D eigenvalue weighted by Crippen LogP contribution is 2.62. The Morgan fingerprint density at radius 2 is 1.46 bits per heavy atom. The van der Waals surface area contributed by atoms with Gasteiger partial charge in [-0.05, 0) is 84.0 Å². The van der Waals surface area contributed by atoms with Crippen LogP contribution in [0.2, 0.25) is 0 Å². The summed E-state index contributed by atoms with van der Waals surface area (Å²) < 4.78 is 0. The van der Waals surface area contributed by atoms with Crippen LogP contribution in [0.1, 0.15) is 86.5 Å². The SMILES string of the molecule is CC(C)(C)P(CC1=CC(=C2C=CC=CC2)C=C1C(P)(C1CCCCN1)C1CCCCN1)C(C)(C)C. The topological polar surface area (TPSA) is 24.1 Å². The van der Waals surface area contributed by atoms with Gasteiger partial charge in [-0.2, -0.15) is 0 Å². The average molecular weight is 513 g/mol. The van der Waals surface area contributed by atoms with Crippen molar-refractivity contribution in [3.05, 3.63) is 58.7 Å². The summed E-state index contributed by atoms with van der Waals surface area (Å²) in [5, 5.41) is 8.66. The third kappa shape index (κ3) is 6.14. The normalized spacial score (nSPS) is 29.8. The van der Waals surface area contributed by atoms with E-state index in [9.17, 15) is 0 Å². The zero-order chi connectivity index (χ0) is 25.3. The predicted octanol–water partition coefficient (Wildman–Crippen LogP) is 7.64. The molecule has 3 atom stereocenters. The van der Waals surface area contributed by atoms with Crippen molar-refractivity contribution < 1.29 is 0 Å². The van der Waals surface area contributed by atoms with Crippen molar-refractivity contribution in [2.24, 2.45) is 0 Å². The number of hydrogen-bond acceptors (Lipinski definition) is 2. The summed E-state index contributed by atoms with van der Waals surface area (Å²) in [6, 6.07) is 1.02. The van der Waals surface area contributed by atoms with Crippen molar-refractivity contribution in [3.8, 4) is 0 Å². The molecular weight excluding hydrogens is 462 g/mol. The first-order chi connectivity index (χ1) is 16.5. The van der Waals surface area contributed by atoms with Crippen LogP contribution in [0, 0.1) is 0 Å². The van der Waals surface area contributed by atoms with Crippen LogP contribution < -0.4 is 10.6 Å². The van der Waals surface area contributed by atoms with E-state index in [1.165, 1.54) is 55.8 Å². The molecule has 0 aromatic carbocycles. The third-order valence-electron chi connectivity index (χ3n) is 8.42. The summed E-state index contributed by atoms with van der Waals surface area (Å²) in [5.74, 6) is 0. The van der Waals surface area contributed by atoms with Gasteiger partial charge in [0, 0.05) is 17.2 Å². The molecule has 4 heteroatoms. The van der Waals surface area contributed by atoms with Crippen LogP contribution in [0.3, 0.4) is 0 Å². The minimum absolute atomic E-state index is 0.0278. The van der Waals surface area contributed by atoms with E-state index in [1.807, 2.05) is 0 Å². The zero-order valence-electron chi connectivity index (χ0n) is 23.2. The van der Waals surface area contributed by atoms with Gasteiger partial charge in [0.15, 0.2) is 0 Å². The second-order valence-electron chi connectivity index (χ2n) is 13.1. The molecule has 2 aliphatic carbocycles. The molecule has 0 saturated carbocycles. The first-order valence-corrected chi connectivity index (χ1v) is 16.1. The fourth-order valence-electron chi connectivity index (χ4n) is 6.79. The molecule has 4 rings (SSSR count). The molecule has 35 heavy (non-hydrogen) atoms. The van der Waals surface area contributed by atoms with Crippen LogP contribution in [-0.4, -0.2) is 46.8 Å². The van der Waals surface area contributed by atoms with E-state index in [1.54, 1.807) is 11.1 Å². The molecule has 2 fully saturated rings. The maximum Gasteiger partial charge on any atom is 0.0405 e. The lowest BCUT2D eigenvalue weighted by molar-refractivity contribution is 0.263. The lowest BCUT2D eigenvalue weighted by atomic mass is 9.75. The molecule has 2 heterocycles. The number of rotatable bonds is 5. The quantitative estimate of drug-likeness (QED) is 0.370. The minimum Gasteiger partial charge on any atom is -0.313 e. The maximum atomic E-state index is 4.00. The van der Waals surface area contributed by atoms with E-state index in [-0.39, 0.29) is 13.1 Å². The highest BCUT2D eigenvalue weighted by atomic mass is 31.1. The first-order valence-electron chi connectivity index (χ1n) is 14.0. The van der Waals surface area contributed by atoms with Crippen molar-refractivity contribution in [2.75, 3.05) is 19.3 Å². The smallest absolute Gasteiger partial charge is 0.0405 e. The van der Waals surface area contributed by atoms with Crippen molar-refractivity contribution in [3.63, 3.8) is 0 Å². The van der Waals surface area contributed by atoms with E-state index in [0.29, 0.717) is 22.4 Å². The Morgan fingerprint density at radius 1 is 0.857 bits per heavy atom. The summed E-state index contributed by atoms with van der Waals surface area (Å²) >= 11 is 0. The van der Waals surface area contributed by atoms with E-state index in [2.05, 4.69) is 97.9 Å². The molecule has 0 spiro atoms. The fraction of sp³-hybridized carbons (Fsp3) is 0.677. The van der Waals surface area contributed by atoms with Crippen LogP contribution in [0.5, 0.6) is 0 Å². The molecule has 2 nitrogen and oxygen atoms in total. The standard InChI is InChI=1S/C31H50N2P2/c1-29(2,3)35(30(4,5)6)22-25-20-24(23-14-8-7-9-15-23)21-26(25)31(34,27-16-10-12-18-32-27)28-17-11-13-19-33-28/h7-9,14,20-21,27-28,32-33H,10-13,15-19,22,34H2,1-6H3. The monoisotopic (exact) mass is 512 g/mol. The highest BCUT2D eigenvalue weighted by Gasteiger charge is 2.48. The van der Waals surface area contributed by atoms with Crippen molar-refractivity contribution in [2.45, 2.75) is 114 Å². The Kier molecular flexibility index (Phi) is 8.70. The fourth-order valence-corrected chi connectivity index (χ4v) is 11.2. The zero-order valence-corrected chi connectivity index (χ0v) is 25.3. The maximum absolute atomic E-state index is 4.00. The lowest BCUT2D eigenvalue weighted by Crippen LogP contribution is -2.61. The molecule has 0 bridgehead atoms. The van der Waals surface area contributed by atoms with E-state index in [4.69, 9.17) is 0 Å². The van der Waals surface area contributed by atoms with E-state index >= 15 is 0 Å². The van der Waals surface area contributed by atoms with Crippen LogP contribution in [0.4, 0.5) is 0 Å². The van der Waals surface area contributed by atoms with Crippen LogP contribution in [0.15, 0.2) is 58.7 Å². The van der Waals surface area contributed by atoms with Gasteiger partial charge in [0.1, 0.15) is 0 Å². The molecule has 2 aliphatic heterocycles. The van der Waals surface area contributed by atoms with Gasteiger partial charge in [0.05, 0.1) is 0 Å². The first kappa shape index (κ1) is 27.5. The molecule has 2 saturated heterocycles. The Balaban J connectivity index is 1.81. The molecule has 4 aliphatic rings. The van der Waals surface area contributed by atoms with Crippen LogP contribution in [-0.2, 0) is 0 Å². The molecule has 0 aromatic rings. The van der Waals surface area contributed by atoms with Gasteiger partial charge in [-0.3, -0.25) is 0 Å². The van der Waals surface area contributed by atoms with Gasteiger partial charge < -0.3 is 10.6 Å². The van der Waals surface area contributed by atoms with E-state index in [0.717, 1.165) is 19.5 Å². The number of nitrogens with one attached hydrogen (secondary N) is 2. The van der Waals surface area contributed by atoms with Gasteiger partial charge in [-0.25, -0.2) is 0 Å². The highest BCUT2D eigenvalue weighted by molar-refractivity contribution is 7.61. The molecule has 0 aromatic heterocycles. The van der Waals surface area contributed by atoms with Crippen molar-refractivity contribution in [1.29, 1.82) is 0 Å². The molecular formula is C31H50N2P2. The Bertz CT molecular complexity index is 879. The van der Waals surface area contributed by atoms with Crippen LogP contribution >= 0.6 is 17.2 Å². The second-order valence-corrected chi connectivity index (χ2v) is 17.9. The largest absolute Gasteiger partial charge is 0.313 e. The second kappa shape index (κ2) is 11.1. The van der Waals surface area contributed by atoms with Crippen LogP contribution in [0.25, 0.3) is 0 Å². The van der Waals surface area contributed by atoms with Gasteiger partial charge in [0.25, 0.3) is 0 Å². The van der Waals surface area contributed by atoms with Crippen molar-refractivity contribution >= 4 is 17.2 Å². The summed E-state index contributed by atoms with van der Waals surface area (Å²) in [4.78, 5) is 0. The van der Waals surface area contributed by atoms with Gasteiger partial charge in [0.2, 0.25) is 0 Å². The summed E-state index contributed by atoms with van der Waals surface area (Å²) in [5.41, 5.74) is 6.14. The Labute approximate surface area is 219 Å². The molecule has 0 amide bonds. The van der Waals surface area contributed by atoms with Gasteiger partial charge in [-0.1, -0.05) is 98.8 Å². The number of allylic oxidation sites excluding steroid dienone is 9. The third-order valence-corrected chi connectivity index (χ3v) is 13.4. The number of piperidine rings is 2.